The normalized spacial score (nSPS) is 16.5. The van der Waals surface area contributed by atoms with Crippen molar-refractivity contribution in [2.24, 2.45) is 0 Å². The lowest BCUT2D eigenvalue weighted by atomic mass is 10.1. The van der Waals surface area contributed by atoms with Crippen molar-refractivity contribution in [1.82, 2.24) is 4.90 Å². The molecule has 1 N–H and O–H groups in total. The Morgan fingerprint density at radius 3 is 2.30 bits per heavy atom. The lowest BCUT2D eigenvalue weighted by Gasteiger charge is -2.17. The van der Waals surface area contributed by atoms with E-state index in [4.69, 9.17) is 18.9 Å². The number of carbonyl (C=O) groups is 3. The minimum absolute atomic E-state index is 0.106. The van der Waals surface area contributed by atoms with Crippen molar-refractivity contribution in [3.63, 3.8) is 0 Å². The molecule has 0 spiro atoms. The van der Waals surface area contributed by atoms with Crippen LogP contribution in [0.3, 0.4) is 0 Å². The fourth-order valence-electron chi connectivity index (χ4n) is 4.25. The molecule has 1 fully saturated rings. The van der Waals surface area contributed by atoms with Gasteiger partial charge in [-0.05, 0) is 79.6 Å². The zero-order chi connectivity index (χ0) is 25.8. The van der Waals surface area contributed by atoms with Gasteiger partial charge in [-0.2, -0.15) is 0 Å². The molecular weight excluding hydrogens is 476 g/mol. The van der Waals surface area contributed by atoms with Crippen molar-refractivity contribution >= 4 is 23.4 Å². The molecule has 0 aliphatic carbocycles. The predicted molar refractivity (Wildman–Crippen MR) is 134 cm³/mol. The van der Waals surface area contributed by atoms with Gasteiger partial charge in [0, 0.05) is 12.3 Å². The standard InChI is InChI=1S/C28H26N2O7/c1-34-19-8-10-20(11-9-19)36-17-26(31)29-18-4-6-21(7-5-18)37-22-12-13-24-25(15-22)28(33)30(27(24)32)16-23-3-2-14-35-23/h4-13,15,23H,2-3,14,16-17H2,1H3,(H,29,31). The zero-order valence-corrected chi connectivity index (χ0v) is 20.3. The zero-order valence-electron chi connectivity index (χ0n) is 20.3. The third kappa shape index (κ3) is 5.57. The fraction of sp³-hybridized carbons (Fsp3) is 0.250. The maximum absolute atomic E-state index is 12.9. The van der Waals surface area contributed by atoms with Gasteiger partial charge in [-0.15, -0.1) is 0 Å². The van der Waals surface area contributed by atoms with E-state index in [9.17, 15) is 14.4 Å². The number of carbonyl (C=O) groups excluding carboxylic acids is 3. The second kappa shape index (κ2) is 10.7. The van der Waals surface area contributed by atoms with Crippen molar-refractivity contribution in [3.05, 3.63) is 77.9 Å². The minimum atomic E-state index is -0.337. The summed E-state index contributed by atoms with van der Waals surface area (Å²) in [5.41, 5.74) is 1.27. The Labute approximate surface area is 213 Å². The van der Waals surface area contributed by atoms with Crippen molar-refractivity contribution in [2.75, 3.05) is 32.2 Å². The van der Waals surface area contributed by atoms with E-state index in [1.165, 1.54) is 4.90 Å². The van der Waals surface area contributed by atoms with Crippen LogP contribution in [0.1, 0.15) is 33.6 Å². The second-order valence-corrected chi connectivity index (χ2v) is 8.70. The molecule has 0 bridgehead atoms. The van der Waals surface area contributed by atoms with Gasteiger partial charge in [0.2, 0.25) is 0 Å². The highest BCUT2D eigenvalue weighted by atomic mass is 16.5. The van der Waals surface area contributed by atoms with Gasteiger partial charge in [0.1, 0.15) is 23.0 Å². The van der Waals surface area contributed by atoms with Gasteiger partial charge in [0.05, 0.1) is 30.9 Å². The van der Waals surface area contributed by atoms with E-state index in [0.29, 0.717) is 46.4 Å². The highest BCUT2D eigenvalue weighted by Gasteiger charge is 2.37. The summed E-state index contributed by atoms with van der Waals surface area (Å²) in [5, 5.41) is 2.76. The molecule has 3 amide bonds. The Balaban J connectivity index is 1.16. The van der Waals surface area contributed by atoms with Crippen LogP contribution in [-0.2, 0) is 9.53 Å². The topological polar surface area (TPSA) is 103 Å². The molecule has 1 atom stereocenters. The summed E-state index contributed by atoms with van der Waals surface area (Å²) in [6.07, 6.45) is 1.67. The fourth-order valence-corrected chi connectivity index (χ4v) is 4.25. The van der Waals surface area contributed by atoms with Crippen LogP contribution in [-0.4, -0.2) is 55.6 Å². The van der Waals surface area contributed by atoms with Crippen LogP contribution in [0, 0.1) is 0 Å². The number of hydrogen-bond acceptors (Lipinski definition) is 7. The number of hydrogen-bond donors (Lipinski definition) is 1. The van der Waals surface area contributed by atoms with Crippen LogP contribution < -0.4 is 19.5 Å². The van der Waals surface area contributed by atoms with Crippen LogP contribution in [0.5, 0.6) is 23.0 Å². The average Bonchev–Trinajstić information content (AvgIpc) is 3.52. The Kier molecular flexibility index (Phi) is 7.04. The van der Waals surface area contributed by atoms with Gasteiger partial charge < -0.3 is 24.3 Å². The first-order valence-corrected chi connectivity index (χ1v) is 12.0. The SMILES string of the molecule is COc1ccc(OCC(=O)Nc2ccc(Oc3ccc4c(c3)C(=O)N(CC3CCCO3)C4=O)cc2)cc1. The molecule has 9 heteroatoms. The van der Waals surface area contributed by atoms with Crippen molar-refractivity contribution in [3.8, 4) is 23.0 Å². The van der Waals surface area contributed by atoms with E-state index in [2.05, 4.69) is 5.32 Å². The Morgan fingerprint density at radius 1 is 0.919 bits per heavy atom. The van der Waals surface area contributed by atoms with Gasteiger partial charge in [-0.3, -0.25) is 19.3 Å². The molecule has 37 heavy (non-hydrogen) atoms. The number of benzene rings is 3. The Hall–Kier alpha value is -4.37. The second-order valence-electron chi connectivity index (χ2n) is 8.70. The summed E-state index contributed by atoms with van der Waals surface area (Å²) in [7, 11) is 1.58. The number of amides is 3. The minimum Gasteiger partial charge on any atom is -0.497 e. The summed E-state index contributed by atoms with van der Waals surface area (Å²) < 4.78 is 22.0. The first-order valence-electron chi connectivity index (χ1n) is 12.0. The summed E-state index contributed by atoms with van der Waals surface area (Å²) in [5.74, 6) is 1.26. The third-order valence-electron chi connectivity index (χ3n) is 6.16. The molecule has 1 unspecified atom stereocenters. The van der Waals surface area contributed by atoms with Crippen LogP contribution in [0.2, 0.25) is 0 Å². The molecule has 2 aliphatic heterocycles. The summed E-state index contributed by atoms with van der Waals surface area (Å²) >= 11 is 0. The van der Waals surface area contributed by atoms with Crippen LogP contribution in [0.25, 0.3) is 0 Å². The molecular formula is C28H26N2O7. The van der Waals surface area contributed by atoms with E-state index in [1.807, 2.05) is 0 Å². The largest absolute Gasteiger partial charge is 0.497 e. The van der Waals surface area contributed by atoms with E-state index in [1.54, 1.807) is 73.8 Å². The van der Waals surface area contributed by atoms with Crippen LogP contribution >= 0.6 is 0 Å². The van der Waals surface area contributed by atoms with Crippen LogP contribution in [0.15, 0.2) is 66.7 Å². The number of methoxy groups -OCH3 is 1. The van der Waals surface area contributed by atoms with Gasteiger partial charge in [0.25, 0.3) is 17.7 Å². The quantitative estimate of drug-likeness (QED) is 0.436. The predicted octanol–water partition coefficient (Wildman–Crippen LogP) is 4.28. The monoisotopic (exact) mass is 502 g/mol. The maximum Gasteiger partial charge on any atom is 0.262 e. The van der Waals surface area contributed by atoms with Crippen molar-refractivity contribution < 1.29 is 33.3 Å². The van der Waals surface area contributed by atoms with Gasteiger partial charge in [0.15, 0.2) is 6.61 Å². The molecule has 0 radical (unpaired) electrons. The number of nitrogens with one attached hydrogen (secondary N) is 1. The number of fused-ring (bicyclic) bond motifs is 1. The smallest absolute Gasteiger partial charge is 0.262 e. The average molecular weight is 503 g/mol. The third-order valence-corrected chi connectivity index (χ3v) is 6.16. The van der Waals surface area contributed by atoms with E-state index in [-0.39, 0.29) is 37.0 Å². The van der Waals surface area contributed by atoms with Gasteiger partial charge >= 0.3 is 0 Å². The summed E-state index contributed by atoms with van der Waals surface area (Å²) in [4.78, 5) is 39.0. The maximum atomic E-state index is 12.9. The highest BCUT2D eigenvalue weighted by molar-refractivity contribution is 6.21. The molecule has 1 saturated heterocycles. The molecule has 3 aromatic rings. The lowest BCUT2D eigenvalue weighted by molar-refractivity contribution is -0.118. The van der Waals surface area contributed by atoms with Crippen LogP contribution in [0.4, 0.5) is 5.69 Å². The number of anilines is 1. The van der Waals surface area contributed by atoms with E-state index >= 15 is 0 Å². The molecule has 9 nitrogen and oxygen atoms in total. The Morgan fingerprint density at radius 2 is 1.59 bits per heavy atom. The first-order chi connectivity index (χ1) is 18.0. The van der Waals surface area contributed by atoms with Gasteiger partial charge in [-0.25, -0.2) is 0 Å². The van der Waals surface area contributed by atoms with Gasteiger partial charge in [-0.1, -0.05) is 0 Å². The number of ether oxygens (including phenoxy) is 4. The molecule has 2 aliphatic rings. The molecule has 5 rings (SSSR count). The van der Waals surface area contributed by atoms with Crippen molar-refractivity contribution in [1.29, 1.82) is 0 Å². The lowest BCUT2D eigenvalue weighted by Crippen LogP contribution is -2.36. The summed E-state index contributed by atoms with van der Waals surface area (Å²) in [6, 6.07) is 18.6. The molecule has 0 aromatic heterocycles. The molecule has 190 valence electrons. The molecule has 0 saturated carbocycles. The number of imide groups is 1. The Bertz CT molecular complexity index is 1300. The van der Waals surface area contributed by atoms with Crippen molar-refractivity contribution in [2.45, 2.75) is 18.9 Å². The molecule has 2 heterocycles. The molecule has 3 aromatic carbocycles. The van der Waals surface area contributed by atoms with E-state index in [0.717, 1.165) is 12.8 Å². The summed E-state index contributed by atoms with van der Waals surface area (Å²) in [6.45, 7) is 0.781. The number of nitrogens with zero attached hydrogens (tertiary/aromatic N) is 1. The van der Waals surface area contributed by atoms with E-state index < -0.39 is 0 Å². The first kappa shape index (κ1) is 24.3. The number of rotatable bonds is 9. The highest BCUT2D eigenvalue weighted by Crippen LogP contribution is 2.31.